The molecule has 2 aliphatic rings. The van der Waals surface area contributed by atoms with Gasteiger partial charge in [-0.25, -0.2) is 0 Å². The van der Waals surface area contributed by atoms with Crippen LogP contribution in [0.15, 0.2) is 18.2 Å². The number of piperazine rings is 1. The number of hydrogen-bond donors (Lipinski definition) is 0. The van der Waals surface area contributed by atoms with E-state index in [9.17, 15) is 0 Å². The van der Waals surface area contributed by atoms with E-state index in [1.165, 1.54) is 25.2 Å². The summed E-state index contributed by atoms with van der Waals surface area (Å²) < 4.78 is 0. The van der Waals surface area contributed by atoms with Gasteiger partial charge in [-0.1, -0.05) is 6.07 Å². The lowest BCUT2D eigenvalue weighted by Crippen LogP contribution is -2.70. The van der Waals surface area contributed by atoms with Crippen LogP contribution in [0, 0.1) is 6.92 Å². The summed E-state index contributed by atoms with van der Waals surface area (Å²) in [6.45, 7) is 12.5. The van der Waals surface area contributed by atoms with Gasteiger partial charge in [-0.2, -0.15) is 0 Å². The van der Waals surface area contributed by atoms with Crippen LogP contribution in [0.4, 0.5) is 0 Å². The third kappa shape index (κ3) is 2.54. The van der Waals surface area contributed by atoms with Crippen molar-refractivity contribution in [2.75, 3.05) is 13.1 Å². The highest BCUT2D eigenvalue weighted by Crippen LogP contribution is 2.36. The van der Waals surface area contributed by atoms with Crippen molar-refractivity contribution in [1.82, 2.24) is 14.8 Å². The van der Waals surface area contributed by atoms with Gasteiger partial charge in [-0.3, -0.25) is 14.8 Å². The molecule has 2 fully saturated rings. The first-order valence-electron chi connectivity index (χ1n) is 7.37. The number of aromatic nitrogens is 1. The Morgan fingerprint density at radius 2 is 1.89 bits per heavy atom. The lowest BCUT2D eigenvalue weighted by molar-refractivity contribution is -0.100. The van der Waals surface area contributed by atoms with E-state index >= 15 is 0 Å². The zero-order valence-corrected chi connectivity index (χ0v) is 12.6. The van der Waals surface area contributed by atoms with Gasteiger partial charge >= 0.3 is 0 Å². The van der Waals surface area contributed by atoms with Crippen molar-refractivity contribution in [2.45, 2.75) is 58.3 Å². The van der Waals surface area contributed by atoms with Gasteiger partial charge in [0.2, 0.25) is 0 Å². The van der Waals surface area contributed by atoms with Crippen LogP contribution in [0.3, 0.4) is 0 Å². The van der Waals surface area contributed by atoms with E-state index < -0.39 is 0 Å². The molecule has 0 amide bonds. The third-order valence-electron chi connectivity index (χ3n) is 4.58. The summed E-state index contributed by atoms with van der Waals surface area (Å²) in [6, 6.07) is 7.82. The molecule has 19 heavy (non-hydrogen) atoms. The number of aryl methyl sites for hydroxylation is 1. The lowest BCUT2D eigenvalue weighted by atomic mass is 9.84. The maximum Gasteiger partial charge on any atom is 0.0547 e. The monoisotopic (exact) mass is 259 g/mol. The summed E-state index contributed by atoms with van der Waals surface area (Å²) in [5.74, 6) is 0. The van der Waals surface area contributed by atoms with Crippen molar-refractivity contribution < 1.29 is 0 Å². The predicted molar refractivity (Wildman–Crippen MR) is 78.0 cm³/mol. The van der Waals surface area contributed by atoms with Crippen molar-refractivity contribution in [1.29, 1.82) is 0 Å². The van der Waals surface area contributed by atoms with E-state index in [4.69, 9.17) is 0 Å². The second-order valence-electron chi connectivity index (χ2n) is 7.06. The van der Waals surface area contributed by atoms with Gasteiger partial charge in [0.15, 0.2) is 0 Å². The Kier molecular flexibility index (Phi) is 3.14. The number of piperidine rings is 1. The molecule has 2 aliphatic heterocycles. The van der Waals surface area contributed by atoms with Crippen LogP contribution < -0.4 is 0 Å². The average Bonchev–Trinajstić information content (AvgIpc) is 2.35. The van der Waals surface area contributed by atoms with E-state index in [0.717, 1.165) is 24.3 Å². The molecule has 1 aromatic heterocycles. The average molecular weight is 259 g/mol. The molecule has 2 saturated heterocycles. The van der Waals surface area contributed by atoms with Crippen LogP contribution in [0.25, 0.3) is 0 Å². The second-order valence-corrected chi connectivity index (χ2v) is 7.06. The number of nitrogens with zero attached hydrogens (tertiary/aromatic N) is 3. The largest absolute Gasteiger partial charge is 0.295 e. The summed E-state index contributed by atoms with van der Waals surface area (Å²) >= 11 is 0. The summed E-state index contributed by atoms with van der Waals surface area (Å²) in [7, 11) is 0. The van der Waals surface area contributed by atoms with Crippen LogP contribution in [0.1, 0.15) is 38.6 Å². The van der Waals surface area contributed by atoms with Gasteiger partial charge in [-0.05, 0) is 46.2 Å². The van der Waals surface area contributed by atoms with E-state index in [-0.39, 0.29) is 0 Å². The molecule has 0 saturated carbocycles. The highest BCUT2D eigenvalue weighted by Gasteiger charge is 2.46. The zero-order chi connectivity index (χ0) is 13.6. The summed E-state index contributed by atoms with van der Waals surface area (Å²) in [6.07, 6.45) is 1.37. The number of likely N-dealkylation sites (tertiary alicyclic amines) is 2. The molecule has 104 valence electrons. The van der Waals surface area contributed by atoms with Crippen LogP contribution >= 0.6 is 0 Å². The Hall–Kier alpha value is -0.930. The lowest BCUT2D eigenvalue weighted by Gasteiger charge is -2.59. The minimum atomic E-state index is 0.310. The quantitative estimate of drug-likeness (QED) is 0.813. The van der Waals surface area contributed by atoms with Gasteiger partial charge in [0, 0.05) is 43.0 Å². The van der Waals surface area contributed by atoms with Gasteiger partial charge in [0.25, 0.3) is 0 Å². The molecule has 3 heterocycles. The normalized spacial score (nSPS) is 28.2. The standard InChI is InChI=1S/C16H25N3/c1-12-6-5-7-13(17-12)9-19-14-8-15(19)11-18(10-14)16(2,3)4/h5-7,14-15H,8-11H2,1-4H3. The number of hydrogen-bond acceptors (Lipinski definition) is 3. The SMILES string of the molecule is Cc1cccc(CN2C3CC2CN(C(C)(C)C)C3)n1. The smallest absolute Gasteiger partial charge is 0.0547 e. The molecule has 2 bridgehead atoms. The molecule has 2 atom stereocenters. The van der Waals surface area contributed by atoms with Crippen molar-refractivity contribution in [3.05, 3.63) is 29.6 Å². The number of fused-ring (bicyclic) bond motifs is 2. The number of rotatable bonds is 2. The molecule has 0 radical (unpaired) electrons. The predicted octanol–water partition coefficient (Wildman–Crippen LogP) is 2.45. The van der Waals surface area contributed by atoms with Crippen molar-refractivity contribution in [2.24, 2.45) is 0 Å². The molecule has 1 aromatic rings. The first kappa shape index (κ1) is 13.1. The fraction of sp³-hybridized carbons (Fsp3) is 0.688. The maximum absolute atomic E-state index is 4.63. The van der Waals surface area contributed by atoms with E-state index in [0.29, 0.717) is 5.54 Å². The molecule has 0 N–H and O–H groups in total. The highest BCUT2D eigenvalue weighted by molar-refractivity contribution is 5.12. The summed E-state index contributed by atoms with van der Waals surface area (Å²) in [5.41, 5.74) is 2.66. The first-order valence-corrected chi connectivity index (χ1v) is 7.37. The molecule has 3 heteroatoms. The van der Waals surface area contributed by atoms with Gasteiger partial charge in [0.1, 0.15) is 0 Å². The fourth-order valence-electron chi connectivity index (χ4n) is 3.37. The molecule has 0 aliphatic carbocycles. The van der Waals surface area contributed by atoms with E-state index in [1.54, 1.807) is 0 Å². The van der Waals surface area contributed by atoms with Gasteiger partial charge in [0.05, 0.1) is 5.69 Å². The van der Waals surface area contributed by atoms with Crippen LogP contribution in [0.2, 0.25) is 0 Å². The minimum Gasteiger partial charge on any atom is -0.295 e. The number of pyridine rings is 1. The van der Waals surface area contributed by atoms with Crippen molar-refractivity contribution in [3.63, 3.8) is 0 Å². The molecular formula is C16H25N3. The summed E-state index contributed by atoms with van der Waals surface area (Å²) in [4.78, 5) is 9.91. The van der Waals surface area contributed by atoms with E-state index in [1.807, 2.05) is 0 Å². The van der Waals surface area contributed by atoms with Crippen LogP contribution in [-0.2, 0) is 6.54 Å². The van der Waals surface area contributed by atoms with Crippen molar-refractivity contribution >= 4 is 0 Å². The molecule has 0 spiro atoms. The molecular weight excluding hydrogens is 234 g/mol. The molecule has 0 aromatic carbocycles. The zero-order valence-electron chi connectivity index (χ0n) is 12.6. The minimum absolute atomic E-state index is 0.310. The Bertz CT molecular complexity index is 451. The van der Waals surface area contributed by atoms with Crippen LogP contribution in [0.5, 0.6) is 0 Å². The molecule has 3 rings (SSSR count). The second kappa shape index (κ2) is 4.57. The highest BCUT2D eigenvalue weighted by atomic mass is 15.4. The molecule has 3 nitrogen and oxygen atoms in total. The van der Waals surface area contributed by atoms with Gasteiger partial charge in [-0.15, -0.1) is 0 Å². The Morgan fingerprint density at radius 3 is 2.47 bits per heavy atom. The first-order chi connectivity index (χ1) is 8.93. The Morgan fingerprint density at radius 1 is 1.21 bits per heavy atom. The van der Waals surface area contributed by atoms with E-state index in [2.05, 4.69) is 60.7 Å². The fourth-order valence-corrected chi connectivity index (χ4v) is 3.37. The van der Waals surface area contributed by atoms with Crippen molar-refractivity contribution in [3.8, 4) is 0 Å². The topological polar surface area (TPSA) is 19.4 Å². The summed E-state index contributed by atoms with van der Waals surface area (Å²) in [5, 5.41) is 0. The van der Waals surface area contributed by atoms with Crippen LogP contribution in [-0.4, -0.2) is 45.5 Å². The van der Waals surface area contributed by atoms with Gasteiger partial charge < -0.3 is 0 Å². The maximum atomic E-state index is 4.63. The Balaban J connectivity index is 1.64. The Labute approximate surface area is 116 Å². The third-order valence-corrected chi connectivity index (χ3v) is 4.58. The molecule has 2 unspecified atom stereocenters.